The summed E-state index contributed by atoms with van der Waals surface area (Å²) in [6, 6.07) is 13.9. The quantitative estimate of drug-likeness (QED) is 0.193. The molecule has 6 rings (SSSR count). The molecule has 238 valence electrons. The van der Waals surface area contributed by atoms with Gasteiger partial charge < -0.3 is 14.5 Å². The molecule has 2 aliphatic heterocycles. The Kier molecular flexibility index (Phi) is 8.65. The number of benzene rings is 3. The second kappa shape index (κ2) is 12.4. The fourth-order valence-corrected chi connectivity index (χ4v) is 7.19. The highest BCUT2D eigenvalue weighted by atomic mass is 35.5. The van der Waals surface area contributed by atoms with E-state index >= 15 is 4.39 Å². The van der Waals surface area contributed by atoms with Gasteiger partial charge in [0.15, 0.2) is 5.82 Å². The highest BCUT2D eigenvalue weighted by Gasteiger charge is 2.45. The Hall–Kier alpha value is -3.49. The number of ether oxygens (including phenoxy) is 1. The number of carbonyl (C=O) groups excluding carboxylic acids is 1. The monoisotopic (exact) mass is 631 g/mol. The number of nitrogens with zero attached hydrogens (tertiary/aromatic N) is 5. The van der Waals surface area contributed by atoms with Gasteiger partial charge in [0.25, 0.3) is 0 Å². The second-order valence-corrected chi connectivity index (χ2v) is 14.3. The topological polar surface area (TPSA) is 61.8 Å². The molecule has 3 heterocycles. The molecule has 0 saturated carbocycles. The fraction of sp³-hybridized carbons (Fsp3) is 0.472. The Morgan fingerprint density at radius 2 is 1.76 bits per heavy atom. The predicted octanol–water partition coefficient (Wildman–Crippen LogP) is 8.02. The molecule has 0 aliphatic carbocycles. The number of unbranched alkanes of at least 4 members (excludes halogenated alkanes) is 1. The lowest BCUT2D eigenvalue weighted by atomic mass is 9.94. The number of rotatable bonds is 7. The molecular formula is C36H43ClFN5O2. The first-order chi connectivity index (χ1) is 21.4. The number of hydrogen-bond donors (Lipinski definition) is 0. The molecule has 2 atom stereocenters. The van der Waals surface area contributed by atoms with Gasteiger partial charge in [0.1, 0.15) is 22.8 Å². The zero-order valence-corrected chi connectivity index (χ0v) is 27.9. The highest BCUT2D eigenvalue weighted by Crippen LogP contribution is 2.42. The van der Waals surface area contributed by atoms with E-state index < -0.39 is 11.4 Å². The van der Waals surface area contributed by atoms with Crippen LogP contribution in [0.1, 0.15) is 57.8 Å². The van der Waals surface area contributed by atoms with Gasteiger partial charge in [-0.2, -0.15) is 0 Å². The molecule has 2 fully saturated rings. The van der Waals surface area contributed by atoms with E-state index in [0.29, 0.717) is 47.1 Å². The molecule has 45 heavy (non-hydrogen) atoms. The van der Waals surface area contributed by atoms with E-state index in [2.05, 4.69) is 30.0 Å². The Morgan fingerprint density at radius 3 is 2.44 bits per heavy atom. The Bertz CT molecular complexity index is 1740. The average Bonchev–Trinajstić information content (AvgIpc) is 3.23. The summed E-state index contributed by atoms with van der Waals surface area (Å²) in [5.41, 5.74) is 1.87. The number of amides is 1. The second-order valence-electron chi connectivity index (χ2n) is 13.9. The number of anilines is 1. The van der Waals surface area contributed by atoms with Crippen molar-refractivity contribution in [1.29, 1.82) is 0 Å². The van der Waals surface area contributed by atoms with Crippen LogP contribution in [0.4, 0.5) is 15.0 Å². The van der Waals surface area contributed by atoms with Crippen molar-refractivity contribution in [3.8, 4) is 11.1 Å². The van der Waals surface area contributed by atoms with E-state index in [1.165, 1.54) is 0 Å². The summed E-state index contributed by atoms with van der Waals surface area (Å²) in [5, 5.41) is 2.90. The third-order valence-electron chi connectivity index (χ3n) is 8.83. The van der Waals surface area contributed by atoms with Crippen molar-refractivity contribution in [2.45, 2.75) is 77.5 Å². The lowest BCUT2D eigenvalue weighted by molar-refractivity contribution is 0.0123. The van der Waals surface area contributed by atoms with Gasteiger partial charge >= 0.3 is 6.09 Å². The standard InChI is InChI=1S/C36H43ClFN5O2/c1-22-17-23-11-7-8-12-26(23)27(18-22)31-29(37)19-28-33(32(31)38)39-30(13-9-10-16-41(5)6)40-34(28)42-20-24-14-15-25(21-42)43(24)35(44)45-36(2,3)4/h7-8,11-12,17-19,24-25H,9-10,13-16,20-21H2,1-6H3. The van der Waals surface area contributed by atoms with Crippen molar-refractivity contribution in [3.63, 3.8) is 0 Å². The van der Waals surface area contributed by atoms with Gasteiger partial charge in [-0.05, 0) is 102 Å². The van der Waals surface area contributed by atoms with Gasteiger partial charge in [-0.3, -0.25) is 4.90 Å². The van der Waals surface area contributed by atoms with Crippen LogP contribution in [0.15, 0.2) is 42.5 Å². The number of aromatic nitrogens is 2. The zero-order valence-electron chi connectivity index (χ0n) is 27.2. The SMILES string of the molecule is Cc1cc(-c2c(Cl)cc3c(N4CC5CCC(C4)N5C(=O)OC(C)(C)C)nc(CCCCN(C)C)nc3c2F)c2ccccc2c1. The van der Waals surface area contributed by atoms with Gasteiger partial charge in [-0.15, -0.1) is 0 Å². The summed E-state index contributed by atoms with van der Waals surface area (Å²) in [5.74, 6) is 0.881. The van der Waals surface area contributed by atoms with Crippen LogP contribution in [0.25, 0.3) is 32.8 Å². The summed E-state index contributed by atoms with van der Waals surface area (Å²) >= 11 is 6.99. The maximum absolute atomic E-state index is 16.9. The first kappa shape index (κ1) is 31.5. The van der Waals surface area contributed by atoms with E-state index in [9.17, 15) is 4.79 Å². The molecule has 9 heteroatoms. The number of hydrogen-bond acceptors (Lipinski definition) is 6. The number of aryl methyl sites for hydroxylation is 2. The summed E-state index contributed by atoms with van der Waals surface area (Å²) < 4.78 is 22.7. The van der Waals surface area contributed by atoms with Crippen LogP contribution >= 0.6 is 11.6 Å². The van der Waals surface area contributed by atoms with Crippen LogP contribution in [0, 0.1) is 12.7 Å². The van der Waals surface area contributed by atoms with E-state index in [0.717, 1.165) is 54.1 Å². The smallest absolute Gasteiger partial charge is 0.410 e. The maximum atomic E-state index is 16.9. The predicted molar refractivity (Wildman–Crippen MR) is 181 cm³/mol. The third-order valence-corrected chi connectivity index (χ3v) is 9.12. The third kappa shape index (κ3) is 6.45. The molecule has 0 N–H and O–H groups in total. The molecule has 2 bridgehead atoms. The molecule has 0 spiro atoms. The first-order valence-electron chi connectivity index (χ1n) is 16.0. The van der Waals surface area contributed by atoms with E-state index in [1.54, 1.807) is 0 Å². The van der Waals surface area contributed by atoms with Crippen LogP contribution in [-0.4, -0.2) is 77.3 Å². The Labute approximate surface area is 270 Å². The van der Waals surface area contributed by atoms with E-state index in [-0.39, 0.29) is 23.7 Å². The van der Waals surface area contributed by atoms with Gasteiger partial charge in [-0.25, -0.2) is 19.2 Å². The number of fused-ring (bicyclic) bond motifs is 4. The van der Waals surface area contributed by atoms with Crippen molar-refractivity contribution in [2.24, 2.45) is 0 Å². The lowest BCUT2D eigenvalue weighted by Crippen LogP contribution is -2.57. The molecule has 2 unspecified atom stereocenters. The van der Waals surface area contributed by atoms with Gasteiger partial charge in [0, 0.05) is 30.5 Å². The lowest BCUT2D eigenvalue weighted by Gasteiger charge is -2.42. The minimum Gasteiger partial charge on any atom is -0.444 e. The molecule has 4 aromatic rings. The van der Waals surface area contributed by atoms with Gasteiger partial charge in [0.2, 0.25) is 0 Å². The van der Waals surface area contributed by atoms with Crippen LogP contribution in [0.2, 0.25) is 5.02 Å². The molecule has 2 saturated heterocycles. The molecule has 7 nitrogen and oxygen atoms in total. The first-order valence-corrected chi connectivity index (χ1v) is 16.4. The molecule has 2 aliphatic rings. The number of carbonyl (C=O) groups is 1. The van der Waals surface area contributed by atoms with Crippen LogP contribution in [-0.2, 0) is 11.2 Å². The zero-order chi connectivity index (χ0) is 32.0. The largest absolute Gasteiger partial charge is 0.444 e. The molecular weight excluding hydrogens is 589 g/mol. The normalized spacial score (nSPS) is 18.4. The Balaban J connectivity index is 1.44. The minimum absolute atomic E-state index is 0.00888. The molecule has 3 aromatic carbocycles. The average molecular weight is 632 g/mol. The van der Waals surface area contributed by atoms with Crippen molar-refractivity contribution in [3.05, 3.63) is 64.7 Å². The minimum atomic E-state index is -0.563. The summed E-state index contributed by atoms with van der Waals surface area (Å²) in [7, 11) is 4.12. The van der Waals surface area contributed by atoms with E-state index in [4.69, 9.17) is 26.3 Å². The van der Waals surface area contributed by atoms with E-state index in [1.807, 2.05) is 69.0 Å². The number of piperazine rings is 1. The summed E-state index contributed by atoms with van der Waals surface area (Å²) in [4.78, 5) is 29.3. The highest BCUT2D eigenvalue weighted by molar-refractivity contribution is 6.35. The van der Waals surface area contributed by atoms with Crippen molar-refractivity contribution >= 4 is 45.2 Å². The summed E-state index contributed by atoms with van der Waals surface area (Å²) in [6.07, 6.45) is 4.04. The molecule has 1 aromatic heterocycles. The van der Waals surface area contributed by atoms with Gasteiger partial charge in [-0.1, -0.05) is 48.0 Å². The number of halogens is 2. The molecule has 1 amide bonds. The molecule has 0 radical (unpaired) electrons. The van der Waals surface area contributed by atoms with Crippen LogP contribution in [0.3, 0.4) is 0 Å². The maximum Gasteiger partial charge on any atom is 0.410 e. The van der Waals surface area contributed by atoms with Crippen molar-refractivity contribution in [2.75, 3.05) is 38.6 Å². The van der Waals surface area contributed by atoms with Gasteiger partial charge in [0.05, 0.1) is 17.1 Å². The van der Waals surface area contributed by atoms with Crippen molar-refractivity contribution in [1.82, 2.24) is 19.8 Å². The van der Waals surface area contributed by atoms with Crippen molar-refractivity contribution < 1.29 is 13.9 Å². The Morgan fingerprint density at radius 1 is 1.04 bits per heavy atom. The van der Waals surface area contributed by atoms with Crippen LogP contribution < -0.4 is 4.90 Å². The van der Waals surface area contributed by atoms with Crippen LogP contribution in [0.5, 0.6) is 0 Å². The summed E-state index contributed by atoms with van der Waals surface area (Å²) in [6.45, 7) is 9.83. The fourth-order valence-electron chi connectivity index (χ4n) is 6.89.